The molecule has 0 unspecified atom stereocenters. The molecular weight excluding hydrogens is 302 g/mol. The second-order valence-corrected chi connectivity index (χ2v) is 6.19. The summed E-state index contributed by atoms with van der Waals surface area (Å²) in [6.07, 6.45) is 2.80. The topological polar surface area (TPSA) is 75.6 Å². The molecular formula is C18H23N5O. The Balaban J connectivity index is 1.77. The third-order valence-electron chi connectivity index (χ3n) is 4.14. The van der Waals surface area contributed by atoms with E-state index in [-0.39, 0.29) is 11.5 Å². The molecule has 0 spiro atoms. The smallest absolute Gasteiger partial charge is 0.189 e. The Morgan fingerprint density at radius 3 is 2.96 bits per heavy atom. The highest BCUT2D eigenvalue weighted by Crippen LogP contribution is 2.13. The lowest BCUT2D eigenvalue weighted by atomic mass is 10.1. The Kier molecular flexibility index (Phi) is 4.76. The van der Waals surface area contributed by atoms with Crippen LogP contribution in [0.2, 0.25) is 0 Å². The number of pyridine rings is 1. The molecule has 126 valence electrons. The van der Waals surface area contributed by atoms with E-state index in [0.29, 0.717) is 6.54 Å². The minimum absolute atomic E-state index is 0.0473. The van der Waals surface area contributed by atoms with Gasteiger partial charge in [-0.05, 0) is 32.4 Å². The summed E-state index contributed by atoms with van der Waals surface area (Å²) >= 11 is 0. The van der Waals surface area contributed by atoms with Gasteiger partial charge in [-0.2, -0.15) is 0 Å². The Bertz CT molecular complexity index is 896. The fourth-order valence-electron chi connectivity index (χ4n) is 2.88. The molecule has 2 N–H and O–H groups in total. The lowest BCUT2D eigenvalue weighted by Crippen LogP contribution is -2.23. The van der Waals surface area contributed by atoms with Crippen molar-refractivity contribution in [3.63, 3.8) is 0 Å². The Labute approximate surface area is 140 Å². The van der Waals surface area contributed by atoms with Crippen molar-refractivity contribution in [3.05, 3.63) is 57.9 Å². The Morgan fingerprint density at radius 1 is 1.33 bits per heavy atom. The zero-order valence-electron chi connectivity index (χ0n) is 14.3. The van der Waals surface area contributed by atoms with Crippen LogP contribution in [0, 0.1) is 6.92 Å². The van der Waals surface area contributed by atoms with Crippen LogP contribution in [0.25, 0.3) is 10.9 Å². The summed E-state index contributed by atoms with van der Waals surface area (Å²) < 4.78 is 2.06. The molecule has 0 fully saturated rings. The highest BCUT2D eigenvalue weighted by molar-refractivity contribution is 5.79. The summed E-state index contributed by atoms with van der Waals surface area (Å²) in [7, 11) is 0. The molecule has 24 heavy (non-hydrogen) atoms. The maximum atomic E-state index is 12.3. The van der Waals surface area contributed by atoms with Gasteiger partial charge in [0, 0.05) is 35.8 Å². The molecule has 3 rings (SSSR count). The molecule has 0 saturated carbocycles. The van der Waals surface area contributed by atoms with Gasteiger partial charge in [0.05, 0.1) is 6.04 Å². The van der Waals surface area contributed by atoms with E-state index in [1.165, 1.54) is 0 Å². The van der Waals surface area contributed by atoms with Crippen LogP contribution < -0.4 is 10.7 Å². The van der Waals surface area contributed by atoms with Crippen LogP contribution in [0.15, 0.2) is 35.4 Å². The second kappa shape index (κ2) is 6.97. The zero-order chi connectivity index (χ0) is 17.1. The predicted molar refractivity (Wildman–Crippen MR) is 94.9 cm³/mol. The predicted octanol–water partition coefficient (Wildman–Crippen LogP) is 2.69. The van der Waals surface area contributed by atoms with E-state index < -0.39 is 0 Å². The lowest BCUT2D eigenvalue weighted by Gasteiger charge is -2.14. The number of benzene rings is 1. The van der Waals surface area contributed by atoms with E-state index >= 15 is 0 Å². The van der Waals surface area contributed by atoms with Crippen LogP contribution in [0.1, 0.15) is 43.4 Å². The van der Waals surface area contributed by atoms with E-state index in [1.807, 2.05) is 25.1 Å². The fraction of sp³-hybridized carbons (Fsp3) is 0.389. The molecule has 0 aliphatic carbocycles. The number of nitrogens with one attached hydrogen (secondary N) is 2. The van der Waals surface area contributed by atoms with Crippen LogP contribution in [-0.2, 0) is 13.1 Å². The van der Waals surface area contributed by atoms with Crippen molar-refractivity contribution in [2.24, 2.45) is 0 Å². The largest absolute Gasteiger partial charge is 0.357 e. The van der Waals surface area contributed by atoms with E-state index in [2.05, 4.69) is 38.9 Å². The fourth-order valence-corrected chi connectivity index (χ4v) is 2.88. The van der Waals surface area contributed by atoms with E-state index in [0.717, 1.165) is 41.0 Å². The molecule has 6 nitrogen and oxygen atoms in total. The van der Waals surface area contributed by atoms with E-state index in [4.69, 9.17) is 0 Å². The number of rotatable bonds is 6. The first-order valence-corrected chi connectivity index (χ1v) is 8.32. The monoisotopic (exact) mass is 325 g/mol. The summed E-state index contributed by atoms with van der Waals surface area (Å²) in [4.78, 5) is 15.6. The van der Waals surface area contributed by atoms with Gasteiger partial charge in [-0.1, -0.05) is 18.6 Å². The highest BCUT2D eigenvalue weighted by Gasteiger charge is 2.12. The van der Waals surface area contributed by atoms with Crippen LogP contribution in [0.4, 0.5) is 0 Å². The Hall–Kier alpha value is -2.47. The number of aromatic amines is 1. The second-order valence-electron chi connectivity index (χ2n) is 6.19. The van der Waals surface area contributed by atoms with Crippen molar-refractivity contribution in [1.29, 1.82) is 0 Å². The van der Waals surface area contributed by atoms with Gasteiger partial charge in [0.2, 0.25) is 0 Å². The van der Waals surface area contributed by atoms with Gasteiger partial charge in [-0.15, -0.1) is 10.2 Å². The maximum Gasteiger partial charge on any atom is 0.189 e. The van der Waals surface area contributed by atoms with Gasteiger partial charge in [-0.25, -0.2) is 0 Å². The SMILES string of the molecule is CCCn1cnnc1[C@H](C)NCc1cc(=O)c2cc(C)ccc2[nH]1. The Morgan fingerprint density at radius 2 is 2.17 bits per heavy atom. The average Bonchev–Trinajstić information content (AvgIpc) is 3.02. The molecule has 6 heteroatoms. The summed E-state index contributed by atoms with van der Waals surface area (Å²) in [5.74, 6) is 0.913. The van der Waals surface area contributed by atoms with Gasteiger partial charge in [0.1, 0.15) is 12.2 Å². The highest BCUT2D eigenvalue weighted by atomic mass is 16.1. The molecule has 0 radical (unpaired) electrons. The van der Waals surface area contributed by atoms with Crippen molar-refractivity contribution >= 4 is 10.9 Å². The van der Waals surface area contributed by atoms with E-state index in [1.54, 1.807) is 12.4 Å². The average molecular weight is 325 g/mol. The van der Waals surface area contributed by atoms with Crippen LogP contribution in [-0.4, -0.2) is 19.7 Å². The van der Waals surface area contributed by atoms with Crippen molar-refractivity contribution in [2.75, 3.05) is 0 Å². The van der Waals surface area contributed by atoms with Gasteiger partial charge < -0.3 is 14.9 Å². The number of nitrogens with zero attached hydrogens (tertiary/aromatic N) is 3. The van der Waals surface area contributed by atoms with Crippen LogP contribution in [0.5, 0.6) is 0 Å². The lowest BCUT2D eigenvalue weighted by molar-refractivity contribution is 0.504. The maximum absolute atomic E-state index is 12.3. The molecule has 0 bridgehead atoms. The molecule has 0 aliphatic heterocycles. The van der Waals surface area contributed by atoms with Crippen molar-refractivity contribution in [2.45, 2.75) is 46.3 Å². The van der Waals surface area contributed by atoms with Crippen molar-refractivity contribution in [3.8, 4) is 0 Å². The standard InChI is InChI=1S/C18H23N5O/c1-4-7-23-11-20-22-18(23)13(3)19-10-14-9-17(24)15-8-12(2)5-6-16(15)21-14/h5-6,8-9,11,13,19H,4,7,10H2,1-3H3,(H,21,24)/t13-/m0/s1. The minimum atomic E-state index is 0.0473. The zero-order valence-corrected chi connectivity index (χ0v) is 14.3. The molecule has 1 atom stereocenters. The number of aromatic nitrogens is 4. The molecule has 1 aromatic carbocycles. The van der Waals surface area contributed by atoms with Gasteiger partial charge in [-0.3, -0.25) is 4.79 Å². The van der Waals surface area contributed by atoms with Crippen LogP contribution in [0.3, 0.4) is 0 Å². The minimum Gasteiger partial charge on any atom is -0.357 e. The first-order valence-electron chi connectivity index (χ1n) is 8.32. The number of fused-ring (bicyclic) bond motifs is 1. The van der Waals surface area contributed by atoms with Crippen LogP contribution >= 0.6 is 0 Å². The number of hydrogen-bond acceptors (Lipinski definition) is 4. The molecule has 2 heterocycles. The van der Waals surface area contributed by atoms with Gasteiger partial charge in [0.15, 0.2) is 5.43 Å². The first kappa shape index (κ1) is 16.4. The van der Waals surface area contributed by atoms with Crippen molar-refractivity contribution < 1.29 is 0 Å². The molecule has 0 amide bonds. The third-order valence-corrected chi connectivity index (χ3v) is 4.14. The number of aryl methyl sites for hydroxylation is 2. The number of H-pyrrole nitrogens is 1. The first-order chi connectivity index (χ1) is 11.6. The summed E-state index contributed by atoms with van der Waals surface area (Å²) in [6, 6.07) is 7.60. The number of hydrogen-bond donors (Lipinski definition) is 2. The van der Waals surface area contributed by atoms with Gasteiger partial charge >= 0.3 is 0 Å². The normalized spacial score (nSPS) is 12.6. The quantitative estimate of drug-likeness (QED) is 0.730. The molecule has 0 aliphatic rings. The molecule has 0 saturated heterocycles. The summed E-state index contributed by atoms with van der Waals surface area (Å²) in [5.41, 5.74) is 2.87. The van der Waals surface area contributed by atoms with E-state index in [9.17, 15) is 4.79 Å². The third kappa shape index (κ3) is 3.38. The van der Waals surface area contributed by atoms with Crippen molar-refractivity contribution in [1.82, 2.24) is 25.1 Å². The summed E-state index contributed by atoms with van der Waals surface area (Å²) in [5, 5.41) is 12.3. The molecule has 3 aromatic rings. The van der Waals surface area contributed by atoms with Gasteiger partial charge in [0.25, 0.3) is 0 Å². The molecule has 2 aromatic heterocycles. The summed E-state index contributed by atoms with van der Waals surface area (Å²) in [6.45, 7) is 7.64.